The molecule has 15 heavy (non-hydrogen) atoms. The molecule has 0 spiro atoms. The quantitative estimate of drug-likeness (QED) is 0.668. The van der Waals surface area contributed by atoms with Crippen LogP contribution in [0.4, 0.5) is 0 Å². The summed E-state index contributed by atoms with van der Waals surface area (Å²) in [5.41, 5.74) is 5.48. The second kappa shape index (κ2) is 6.40. The molecular formula is C10H20N2O3. The van der Waals surface area contributed by atoms with Gasteiger partial charge in [-0.3, -0.25) is 4.79 Å². The molecule has 0 fully saturated rings. The zero-order valence-corrected chi connectivity index (χ0v) is 9.56. The van der Waals surface area contributed by atoms with Crippen LogP contribution in [-0.2, 0) is 9.59 Å². The molecule has 0 bridgehead atoms. The van der Waals surface area contributed by atoms with E-state index in [0.717, 1.165) is 6.42 Å². The van der Waals surface area contributed by atoms with E-state index in [1.165, 1.54) is 18.9 Å². The van der Waals surface area contributed by atoms with Crippen LogP contribution in [0.15, 0.2) is 0 Å². The molecule has 2 unspecified atom stereocenters. The van der Waals surface area contributed by atoms with Gasteiger partial charge in [-0.2, -0.15) is 0 Å². The van der Waals surface area contributed by atoms with Gasteiger partial charge in [0.15, 0.2) is 0 Å². The van der Waals surface area contributed by atoms with E-state index in [0.29, 0.717) is 13.0 Å². The minimum absolute atomic E-state index is 0.140. The highest BCUT2D eigenvalue weighted by molar-refractivity contribution is 5.83. The first-order chi connectivity index (χ1) is 6.93. The van der Waals surface area contributed by atoms with Crippen molar-refractivity contribution in [2.75, 3.05) is 13.6 Å². The summed E-state index contributed by atoms with van der Waals surface area (Å²) >= 11 is 0. The number of carbonyl (C=O) groups is 2. The summed E-state index contributed by atoms with van der Waals surface area (Å²) in [6, 6.07) is -0.784. The average Bonchev–Trinajstić information content (AvgIpc) is 2.23. The van der Waals surface area contributed by atoms with Gasteiger partial charge in [0.25, 0.3) is 0 Å². The smallest absolute Gasteiger partial charge is 0.326 e. The van der Waals surface area contributed by atoms with Crippen LogP contribution in [0.25, 0.3) is 0 Å². The zero-order valence-electron chi connectivity index (χ0n) is 9.56. The number of hydrogen-bond donors (Lipinski definition) is 2. The van der Waals surface area contributed by atoms with Gasteiger partial charge in [0.05, 0.1) is 0 Å². The van der Waals surface area contributed by atoms with Crippen molar-refractivity contribution in [2.24, 2.45) is 11.7 Å². The summed E-state index contributed by atoms with van der Waals surface area (Å²) < 4.78 is 0. The molecule has 0 aromatic carbocycles. The number of carboxylic acid groups (broad SMARTS) is 1. The summed E-state index contributed by atoms with van der Waals surface area (Å²) in [5, 5.41) is 8.73. The Balaban J connectivity index is 4.26. The number of carboxylic acids is 1. The maximum Gasteiger partial charge on any atom is 0.326 e. The molecule has 88 valence electrons. The Bertz CT molecular complexity index is 227. The Morgan fingerprint density at radius 1 is 1.47 bits per heavy atom. The fraction of sp³-hybridized carbons (Fsp3) is 0.800. The lowest BCUT2D eigenvalue weighted by molar-refractivity contribution is -0.148. The van der Waals surface area contributed by atoms with Crippen LogP contribution in [-0.4, -0.2) is 41.5 Å². The predicted octanol–water partition coefficient (Wildman–Crippen LogP) is 0.293. The van der Waals surface area contributed by atoms with Gasteiger partial charge in [0.1, 0.15) is 6.04 Å². The first-order valence-electron chi connectivity index (χ1n) is 5.12. The molecule has 0 radical (unpaired) electrons. The van der Waals surface area contributed by atoms with Gasteiger partial charge in [-0.25, -0.2) is 4.79 Å². The maximum atomic E-state index is 11.6. The molecule has 1 amide bonds. The molecule has 0 saturated heterocycles. The number of amides is 1. The molecule has 0 rings (SSSR count). The number of nitrogens with two attached hydrogens (primary N) is 1. The Labute approximate surface area is 90.2 Å². The molecule has 0 aliphatic rings. The van der Waals surface area contributed by atoms with Crippen molar-refractivity contribution in [1.82, 2.24) is 4.90 Å². The van der Waals surface area contributed by atoms with Crippen LogP contribution in [0, 0.1) is 5.92 Å². The third-order valence-electron chi connectivity index (χ3n) is 2.71. The number of likely N-dealkylation sites (N-methyl/N-ethyl adjacent to an activating group) is 1. The van der Waals surface area contributed by atoms with Crippen molar-refractivity contribution in [3.05, 3.63) is 0 Å². The monoisotopic (exact) mass is 216 g/mol. The van der Waals surface area contributed by atoms with Crippen LogP contribution in [0.2, 0.25) is 0 Å². The van der Waals surface area contributed by atoms with Gasteiger partial charge in [-0.05, 0) is 19.4 Å². The van der Waals surface area contributed by atoms with E-state index in [1.807, 2.05) is 6.92 Å². The SMILES string of the molecule is CCC(CN)CC(=O)N(C)C(C)C(=O)O. The first kappa shape index (κ1) is 13.9. The predicted molar refractivity (Wildman–Crippen MR) is 57.3 cm³/mol. The Kier molecular flexibility index (Phi) is 5.93. The standard InChI is InChI=1S/C10H20N2O3/c1-4-8(6-11)5-9(13)12(3)7(2)10(14)15/h7-8H,4-6,11H2,1-3H3,(H,14,15). The van der Waals surface area contributed by atoms with Gasteiger partial charge in [0.2, 0.25) is 5.91 Å². The molecule has 0 aromatic heterocycles. The van der Waals surface area contributed by atoms with E-state index >= 15 is 0 Å². The molecule has 0 aliphatic carbocycles. The number of nitrogens with zero attached hydrogens (tertiary/aromatic N) is 1. The molecular weight excluding hydrogens is 196 g/mol. The molecule has 5 heteroatoms. The third kappa shape index (κ3) is 4.29. The van der Waals surface area contributed by atoms with Crippen LogP contribution < -0.4 is 5.73 Å². The number of carbonyl (C=O) groups excluding carboxylic acids is 1. The van der Waals surface area contributed by atoms with Gasteiger partial charge in [-0.1, -0.05) is 13.3 Å². The Hall–Kier alpha value is -1.10. The molecule has 0 aliphatic heterocycles. The molecule has 3 N–H and O–H groups in total. The van der Waals surface area contributed by atoms with Gasteiger partial charge >= 0.3 is 5.97 Å². The topological polar surface area (TPSA) is 83.6 Å². The van der Waals surface area contributed by atoms with Crippen molar-refractivity contribution < 1.29 is 14.7 Å². The highest BCUT2D eigenvalue weighted by atomic mass is 16.4. The Morgan fingerprint density at radius 3 is 2.33 bits per heavy atom. The lowest BCUT2D eigenvalue weighted by Crippen LogP contribution is -2.41. The fourth-order valence-corrected chi connectivity index (χ4v) is 1.17. The summed E-state index contributed by atoms with van der Waals surface area (Å²) in [4.78, 5) is 23.5. The van der Waals surface area contributed by atoms with Crippen LogP contribution >= 0.6 is 0 Å². The van der Waals surface area contributed by atoms with Crippen LogP contribution in [0.3, 0.4) is 0 Å². The third-order valence-corrected chi connectivity index (χ3v) is 2.71. The van der Waals surface area contributed by atoms with Crippen molar-refractivity contribution in [3.8, 4) is 0 Å². The first-order valence-corrected chi connectivity index (χ1v) is 5.12. The molecule has 0 heterocycles. The summed E-state index contributed by atoms with van der Waals surface area (Å²) in [5.74, 6) is -1.02. The molecule has 0 saturated carbocycles. The lowest BCUT2D eigenvalue weighted by atomic mass is 10.0. The molecule has 2 atom stereocenters. The van der Waals surface area contributed by atoms with E-state index in [4.69, 9.17) is 10.8 Å². The second-order valence-corrected chi connectivity index (χ2v) is 3.73. The minimum Gasteiger partial charge on any atom is -0.480 e. The molecule has 0 aromatic rings. The van der Waals surface area contributed by atoms with E-state index in [2.05, 4.69) is 0 Å². The van der Waals surface area contributed by atoms with Gasteiger partial charge in [-0.15, -0.1) is 0 Å². The Morgan fingerprint density at radius 2 is 2.00 bits per heavy atom. The second-order valence-electron chi connectivity index (χ2n) is 3.73. The van der Waals surface area contributed by atoms with E-state index < -0.39 is 12.0 Å². The minimum atomic E-state index is -0.994. The number of rotatable bonds is 6. The van der Waals surface area contributed by atoms with Crippen molar-refractivity contribution >= 4 is 11.9 Å². The fourth-order valence-electron chi connectivity index (χ4n) is 1.17. The summed E-state index contributed by atoms with van der Waals surface area (Å²) in [7, 11) is 1.50. The number of hydrogen-bond acceptors (Lipinski definition) is 3. The van der Waals surface area contributed by atoms with Crippen LogP contribution in [0.5, 0.6) is 0 Å². The van der Waals surface area contributed by atoms with Crippen LogP contribution in [0.1, 0.15) is 26.7 Å². The summed E-state index contributed by atoms with van der Waals surface area (Å²) in [6.45, 7) is 3.91. The highest BCUT2D eigenvalue weighted by Gasteiger charge is 2.22. The largest absolute Gasteiger partial charge is 0.480 e. The van der Waals surface area contributed by atoms with Gasteiger partial charge < -0.3 is 15.7 Å². The van der Waals surface area contributed by atoms with Crippen molar-refractivity contribution in [1.29, 1.82) is 0 Å². The zero-order chi connectivity index (χ0) is 12.0. The van der Waals surface area contributed by atoms with Gasteiger partial charge in [0, 0.05) is 13.5 Å². The average molecular weight is 216 g/mol. The normalized spacial score (nSPS) is 14.4. The van der Waals surface area contributed by atoms with E-state index in [-0.39, 0.29) is 11.8 Å². The summed E-state index contributed by atoms with van der Waals surface area (Å²) in [6.07, 6.45) is 1.15. The van der Waals surface area contributed by atoms with Crippen molar-refractivity contribution in [2.45, 2.75) is 32.7 Å². The number of aliphatic carboxylic acids is 1. The van der Waals surface area contributed by atoms with E-state index in [9.17, 15) is 9.59 Å². The maximum absolute atomic E-state index is 11.6. The molecule has 5 nitrogen and oxygen atoms in total. The highest BCUT2D eigenvalue weighted by Crippen LogP contribution is 2.09. The van der Waals surface area contributed by atoms with E-state index in [1.54, 1.807) is 0 Å². The van der Waals surface area contributed by atoms with Crippen molar-refractivity contribution in [3.63, 3.8) is 0 Å². The lowest BCUT2D eigenvalue weighted by Gasteiger charge is -2.23.